The summed E-state index contributed by atoms with van der Waals surface area (Å²) in [7, 11) is 0. The van der Waals surface area contributed by atoms with Gasteiger partial charge in [-0.15, -0.1) is 0 Å². The highest BCUT2D eigenvalue weighted by Crippen LogP contribution is 2.21. The van der Waals surface area contributed by atoms with Crippen molar-refractivity contribution < 1.29 is 9.47 Å². The summed E-state index contributed by atoms with van der Waals surface area (Å²) in [6.45, 7) is 4.33. The van der Waals surface area contributed by atoms with E-state index in [0.29, 0.717) is 24.1 Å². The van der Waals surface area contributed by atoms with Gasteiger partial charge in [0.05, 0.1) is 18.5 Å². The molecule has 0 amide bonds. The Morgan fingerprint density at radius 3 is 2.74 bits per heavy atom. The van der Waals surface area contributed by atoms with Gasteiger partial charge in [0.1, 0.15) is 5.75 Å². The number of nitrogens with two attached hydrogens (primary N) is 1. The van der Waals surface area contributed by atoms with Crippen LogP contribution in [0.3, 0.4) is 0 Å². The number of aromatic nitrogens is 2. The quantitative estimate of drug-likeness (QED) is 0.893. The van der Waals surface area contributed by atoms with Crippen molar-refractivity contribution in [3.8, 4) is 17.5 Å². The first-order valence-electron chi connectivity index (χ1n) is 6.13. The van der Waals surface area contributed by atoms with Crippen molar-refractivity contribution in [2.75, 3.05) is 0 Å². The molecule has 5 heteroatoms. The maximum atomic E-state index is 5.63. The molecule has 100 valence electrons. The van der Waals surface area contributed by atoms with Gasteiger partial charge in [0.2, 0.25) is 11.8 Å². The van der Waals surface area contributed by atoms with Gasteiger partial charge in [0.15, 0.2) is 0 Å². The normalized spacial score (nSPS) is 10.5. The Balaban J connectivity index is 2.13. The van der Waals surface area contributed by atoms with E-state index in [2.05, 4.69) is 9.97 Å². The third kappa shape index (κ3) is 3.93. The Kier molecular flexibility index (Phi) is 4.30. The molecule has 0 fully saturated rings. The summed E-state index contributed by atoms with van der Waals surface area (Å²) in [5, 5.41) is 0. The van der Waals surface area contributed by atoms with E-state index in [1.807, 2.05) is 38.1 Å². The molecule has 1 aromatic heterocycles. The number of ether oxygens (including phenoxy) is 2. The second kappa shape index (κ2) is 6.15. The molecule has 0 aliphatic rings. The van der Waals surface area contributed by atoms with Crippen molar-refractivity contribution >= 4 is 0 Å². The summed E-state index contributed by atoms with van der Waals surface area (Å²) in [4.78, 5) is 8.26. The topological polar surface area (TPSA) is 70.3 Å². The fourth-order valence-corrected chi connectivity index (χ4v) is 1.54. The number of hydrogen-bond acceptors (Lipinski definition) is 5. The van der Waals surface area contributed by atoms with Crippen LogP contribution >= 0.6 is 0 Å². The predicted octanol–water partition coefficient (Wildman–Crippen LogP) is 2.51. The molecule has 0 radical (unpaired) electrons. The van der Waals surface area contributed by atoms with E-state index < -0.39 is 0 Å². The molecule has 0 atom stereocenters. The summed E-state index contributed by atoms with van der Waals surface area (Å²) in [5.41, 5.74) is 6.59. The number of benzene rings is 1. The monoisotopic (exact) mass is 259 g/mol. The molecule has 0 unspecified atom stereocenters. The highest BCUT2D eigenvalue weighted by Gasteiger charge is 2.04. The summed E-state index contributed by atoms with van der Waals surface area (Å²) in [6, 6.07) is 7.55. The van der Waals surface area contributed by atoms with E-state index in [1.165, 1.54) is 0 Å². The standard InChI is InChI=1S/C14H17N3O2/c1-10(2)18-13-8-16-9-14(17-13)19-12-5-3-4-11(6-12)7-15/h3-6,8-10H,7,15H2,1-2H3. The van der Waals surface area contributed by atoms with Crippen LogP contribution in [0.5, 0.6) is 17.5 Å². The van der Waals surface area contributed by atoms with Crippen molar-refractivity contribution in [1.82, 2.24) is 9.97 Å². The summed E-state index contributed by atoms with van der Waals surface area (Å²) >= 11 is 0. The van der Waals surface area contributed by atoms with Crippen LogP contribution in [0.15, 0.2) is 36.7 Å². The predicted molar refractivity (Wildman–Crippen MR) is 72.2 cm³/mol. The van der Waals surface area contributed by atoms with Gasteiger partial charge in [-0.2, -0.15) is 4.98 Å². The van der Waals surface area contributed by atoms with E-state index in [4.69, 9.17) is 15.2 Å². The maximum absolute atomic E-state index is 5.63. The van der Waals surface area contributed by atoms with Crippen LogP contribution in [0.2, 0.25) is 0 Å². The zero-order valence-corrected chi connectivity index (χ0v) is 11.0. The average molecular weight is 259 g/mol. The van der Waals surface area contributed by atoms with Gasteiger partial charge in [-0.25, -0.2) is 0 Å². The Morgan fingerprint density at radius 1 is 1.21 bits per heavy atom. The minimum atomic E-state index is 0.0464. The van der Waals surface area contributed by atoms with E-state index in [0.717, 1.165) is 5.56 Å². The molecule has 1 aromatic carbocycles. The number of nitrogens with zero attached hydrogens (tertiary/aromatic N) is 2. The molecule has 1 heterocycles. The van der Waals surface area contributed by atoms with E-state index in [9.17, 15) is 0 Å². The minimum Gasteiger partial charge on any atom is -0.474 e. The third-order valence-corrected chi connectivity index (χ3v) is 2.30. The summed E-state index contributed by atoms with van der Waals surface area (Å²) < 4.78 is 11.1. The largest absolute Gasteiger partial charge is 0.474 e. The maximum Gasteiger partial charge on any atom is 0.241 e. The van der Waals surface area contributed by atoms with Crippen molar-refractivity contribution in [2.24, 2.45) is 5.73 Å². The molecule has 0 bridgehead atoms. The third-order valence-electron chi connectivity index (χ3n) is 2.30. The molecular weight excluding hydrogens is 242 g/mol. The van der Waals surface area contributed by atoms with E-state index >= 15 is 0 Å². The molecule has 5 nitrogen and oxygen atoms in total. The highest BCUT2D eigenvalue weighted by molar-refractivity contribution is 5.31. The second-order valence-electron chi connectivity index (χ2n) is 4.32. The van der Waals surface area contributed by atoms with Crippen LogP contribution in [-0.2, 0) is 6.54 Å². The molecule has 2 rings (SSSR count). The first-order chi connectivity index (χ1) is 9.17. The Morgan fingerprint density at radius 2 is 2.00 bits per heavy atom. The Labute approximate surface area is 112 Å². The van der Waals surface area contributed by atoms with Gasteiger partial charge in [-0.3, -0.25) is 4.98 Å². The van der Waals surface area contributed by atoms with Crippen LogP contribution in [-0.4, -0.2) is 16.1 Å². The molecule has 19 heavy (non-hydrogen) atoms. The van der Waals surface area contributed by atoms with E-state index in [-0.39, 0.29) is 6.10 Å². The number of hydrogen-bond donors (Lipinski definition) is 1. The lowest BCUT2D eigenvalue weighted by atomic mass is 10.2. The zero-order valence-electron chi connectivity index (χ0n) is 11.0. The second-order valence-corrected chi connectivity index (χ2v) is 4.32. The molecule has 0 aliphatic carbocycles. The molecular formula is C14H17N3O2. The van der Waals surface area contributed by atoms with Crippen molar-refractivity contribution in [3.05, 3.63) is 42.2 Å². The molecule has 0 saturated carbocycles. The van der Waals surface area contributed by atoms with Crippen LogP contribution in [0.4, 0.5) is 0 Å². The summed E-state index contributed by atoms with van der Waals surface area (Å²) in [6.07, 6.45) is 3.15. The summed E-state index contributed by atoms with van der Waals surface area (Å²) in [5.74, 6) is 1.52. The van der Waals surface area contributed by atoms with Crippen LogP contribution in [0.1, 0.15) is 19.4 Å². The lowest BCUT2D eigenvalue weighted by Gasteiger charge is -2.10. The molecule has 2 N–H and O–H groups in total. The highest BCUT2D eigenvalue weighted by atomic mass is 16.5. The van der Waals surface area contributed by atoms with Crippen LogP contribution in [0.25, 0.3) is 0 Å². The van der Waals surface area contributed by atoms with Crippen LogP contribution < -0.4 is 15.2 Å². The smallest absolute Gasteiger partial charge is 0.241 e. The van der Waals surface area contributed by atoms with Gasteiger partial charge >= 0.3 is 0 Å². The Hall–Kier alpha value is -2.14. The first kappa shape index (κ1) is 13.3. The SMILES string of the molecule is CC(C)Oc1cncc(Oc2cccc(CN)c2)n1. The number of rotatable bonds is 5. The van der Waals surface area contributed by atoms with Crippen molar-refractivity contribution in [3.63, 3.8) is 0 Å². The average Bonchev–Trinajstić information content (AvgIpc) is 2.38. The van der Waals surface area contributed by atoms with Gasteiger partial charge < -0.3 is 15.2 Å². The van der Waals surface area contributed by atoms with Gasteiger partial charge in [-0.1, -0.05) is 12.1 Å². The fraction of sp³-hybridized carbons (Fsp3) is 0.286. The molecule has 0 aliphatic heterocycles. The van der Waals surface area contributed by atoms with Gasteiger partial charge in [-0.05, 0) is 31.5 Å². The Bertz CT molecular complexity index is 544. The zero-order chi connectivity index (χ0) is 13.7. The lowest BCUT2D eigenvalue weighted by Crippen LogP contribution is -2.07. The fourth-order valence-electron chi connectivity index (χ4n) is 1.54. The molecule has 2 aromatic rings. The van der Waals surface area contributed by atoms with Gasteiger partial charge in [0.25, 0.3) is 0 Å². The van der Waals surface area contributed by atoms with Crippen molar-refractivity contribution in [1.29, 1.82) is 0 Å². The first-order valence-corrected chi connectivity index (χ1v) is 6.13. The van der Waals surface area contributed by atoms with E-state index in [1.54, 1.807) is 12.4 Å². The van der Waals surface area contributed by atoms with Crippen molar-refractivity contribution in [2.45, 2.75) is 26.5 Å². The lowest BCUT2D eigenvalue weighted by molar-refractivity contribution is 0.229. The van der Waals surface area contributed by atoms with Crippen LogP contribution in [0, 0.1) is 0 Å². The molecule has 0 saturated heterocycles. The molecule has 0 spiro atoms. The van der Waals surface area contributed by atoms with Gasteiger partial charge in [0, 0.05) is 6.54 Å². The minimum absolute atomic E-state index is 0.0464.